The number of thiophene rings is 2. The van der Waals surface area contributed by atoms with Crippen molar-refractivity contribution in [2.45, 2.75) is 88.1 Å². The Morgan fingerprint density at radius 3 is 1.22 bits per heavy atom. The number of likely N-dealkylation sites (tertiary alicyclic amines) is 4. The summed E-state index contributed by atoms with van der Waals surface area (Å²) >= 11 is 40.9. The fraction of sp³-hybridized carbons (Fsp3) is 0.438. The Labute approximate surface area is 570 Å². The number of carbonyl (C=O) groups is 4. The lowest BCUT2D eigenvalue weighted by molar-refractivity contribution is -0.135. The molecule has 10 rings (SSSR count). The van der Waals surface area contributed by atoms with Gasteiger partial charge in [-0.1, -0.05) is 119 Å². The minimum atomic E-state index is -3.36. The van der Waals surface area contributed by atoms with E-state index in [1.165, 1.54) is 28.9 Å². The van der Waals surface area contributed by atoms with Crippen molar-refractivity contribution in [3.8, 4) is 54.6 Å². The van der Waals surface area contributed by atoms with Crippen LogP contribution in [0.3, 0.4) is 0 Å². The largest absolute Gasteiger partial charge is 0.491 e. The van der Waals surface area contributed by atoms with E-state index in [1.54, 1.807) is 64.4 Å². The predicted octanol–water partition coefficient (Wildman–Crippen LogP) is 13.1. The molecule has 4 aliphatic heterocycles. The number of nitrogens with two attached hydrogens (primary N) is 2. The highest BCUT2D eigenvalue weighted by atomic mass is 35.5. The van der Waals surface area contributed by atoms with Crippen molar-refractivity contribution in [1.82, 2.24) is 24.3 Å². The molecule has 27 heteroatoms. The van der Waals surface area contributed by atoms with Gasteiger partial charge in [0.25, 0.3) is 11.8 Å². The molecule has 6 heterocycles. The topological polar surface area (TPSA) is 232 Å². The molecule has 4 saturated heterocycles. The maximum Gasteiger partial charge on any atom is 0.267 e. The van der Waals surface area contributed by atoms with Crippen LogP contribution in [0, 0.1) is 0 Å². The number of sulfonamides is 1. The Bertz CT molecular complexity index is 3840. The average Bonchev–Trinajstić information content (AvgIpc) is 1.70. The van der Waals surface area contributed by atoms with Gasteiger partial charge in [-0.25, -0.2) is 21.6 Å². The Hall–Kier alpha value is -4.72. The van der Waals surface area contributed by atoms with Crippen LogP contribution in [-0.4, -0.2) is 162 Å². The van der Waals surface area contributed by atoms with Gasteiger partial charge in [0.05, 0.1) is 35.3 Å². The Morgan fingerprint density at radius 1 is 0.516 bits per heavy atom. The van der Waals surface area contributed by atoms with Gasteiger partial charge in [-0.3, -0.25) is 29.0 Å². The number of hydrogen-bond acceptors (Lipinski definition) is 14. The van der Waals surface area contributed by atoms with E-state index in [0.29, 0.717) is 142 Å². The second-order valence-corrected chi connectivity index (χ2v) is 32.1. The number of primary amides is 2. The first kappa shape index (κ1) is 70.6. The van der Waals surface area contributed by atoms with E-state index in [9.17, 15) is 36.0 Å². The number of piperidine rings is 4. The third-order valence-corrected chi connectivity index (χ3v) is 22.9. The van der Waals surface area contributed by atoms with Crippen molar-refractivity contribution in [1.29, 1.82) is 0 Å². The van der Waals surface area contributed by atoms with Crippen LogP contribution in [0.25, 0.3) is 43.1 Å². The molecule has 0 spiro atoms. The molecule has 5 N–H and O–H groups in total. The summed E-state index contributed by atoms with van der Waals surface area (Å²) in [5.41, 5.74) is 14.7. The molecule has 91 heavy (non-hydrogen) atoms. The van der Waals surface area contributed by atoms with Crippen LogP contribution in [0.5, 0.6) is 11.5 Å². The van der Waals surface area contributed by atoms with Crippen molar-refractivity contribution in [3.63, 3.8) is 0 Å². The maximum absolute atomic E-state index is 14.4. The van der Waals surface area contributed by atoms with Crippen molar-refractivity contribution in [2.24, 2.45) is 11.5 Å². The lowest BCUT2D eigenvalue weighted by atomic mass is 9.83. The van der Waals surface area contributed by atoms with Crippen LogP contribution in [-0.2, 0) is 29.4 Å². The van der Waals surface area contributed by atoms with Crippen molar-refractivity contribution in [3.05, 3.63) is 125 Å². The standard InChI is InChI=1S/C32H37Cl3N4O5S2.C32H36Cl3N3O5S2/c1-46(42,43)37-14-5-19-44-27-26(21-6-8-22(33)9-7-21)28(24-11-10-23(34)20-25(24)35)45-29(27)30(40)38-17-12-32(13-18-38,31(36)41)39-15-3-2-4-16-39;1-45(41,42)19-5-18-43-27-26(21-6-8-22(33)9-7-21)28(24-11-10-23(34)20-25(24)35)44-29(27)30(39)37-16-12-32(13-17-37,31(36)40)38-14-3-2-4-15-38/h6-11,20,37H,2-5,12-19H2,1H3,(H2,36,41);6-11,20H,2-5,12-19H2,1H3,(H2,36,40). The van der Waals surface area contributed by atoms with Gasteiger partial charge in [0.1, 0.15) is 30.7 Å². The third-order valence-electron chi connectivity index (χ3n) is 17.2. The van der Waals surface area contributed by atoms with Gasteiger partial charge < -0.3 is 30.7 Å². The molecule has 4 amide bonds. The van der Waals surface area contributed by atoms with E-state index in [0.717, 1.165) is 82.1 Å². The summed E-state index contributed by atoms with van der Waals surface area (Å²) < 4.78 is 62.0. The fourth-order valence-corrected chi connectivity index (χ4v) is 17.5. The molecule has 2 aromatic heterocycles. The van der Waals surface area contributed by atoms with E-state index < -0.39 is 30.9 Å². The second-order valence-electron chi connectivity index (χ2n) is 23.4. The molecule has 490 valence electrons. The van der Waals surface area contributed by atoms with Crippen molar-refractivity contribution >= 4 is 136 Å². The highest BCUT2D eigenvalue weighted by molar-refractivity contribution is 7.90. The summed E-state index contributed by atoms with van der Waals surface area (Å²) in [7, 11) is -6.57. The lowest BCUT2D eigenvalue weighted by Crippen LogP contribution is -2.63. The molecule has 0 aliphatic carbocycles. The molecule has 17 nitrogen and oxygen atoms in total. The van der Waals surface area contributed by atoms with Gasteiger partial charge in [-0.2, -0.15) is 0 Å². The number of ether oxygens (including phenoxy) is 2. The number of nitrogens with one attached hydrogen (secondary N) is 1. The summed E-state index contributed by atoms with van der Waals surface area (Å²) in [6.45, 7) is 5.14. The van der Waals surface area contributed by atoms with Crippen LogP contribution >= 0.6 is 92.3 Å². The number of carbonyl (C=O) groups excluding carboxylic acids is 4. The lowest BCUT2D eigenvalue weighted by Gasteiger charge is -2.48. The quantitative estimate of drug-likeness (QED) is 0.0571. The summed E-state index contributed by atoms with van der Waals surface area (Å²) in [6.07, 6.45) is 11.1. The van der Waals surface area contributed by atoms with Gasteiger partial charge in [0, 0.05) is 91.1 Å². The molecule has 0 bridgehead atoms. The zero-order chi connectivity index (χ0) is 65.4. The SMILES string of the molecule is CS(=O)(=O)CCCOc1c(C(=O)N2CCC(C(N)=O)(N3CCCCC3)CC2)sc(-c2ccc(Cl)cc2Cl)c1-c1ccc(Cl)cc1.CS(=O)(=O)NCCCOc1c(C(=O)N2CCC(C(N)=O)(N3CCCCC3)CC2)sc(-c2ccc(Cl)cc2Cl)c1-c1ccc(Cl)cc1. The number of amides is 4. The van der Waals surface area contributed by atoms with Gasteiger partial charge in [-0.05, 0) is 150 Å². The molecule has 0 atom stereocenters. The Morgan fingerprint density at radius 2 is 0.879 bits per heavy atom. The molecule has 6 aromatic rings. The van der Waals surface area contributed by atoms with Crippen LogP contribution in [0.2, 0.25) is 30.1 Å². The number of halogens is 6. The highest BCUT2D eigenvalue weighted by Crippen LogP contribution is 2.53. The van der Waals surface area contributed by atoms with E-state index in [1.807, 2.05) is 30.3 Å². The molecule has 0 radical (unpaired) electrons. The van der Waals surface area contributed by atoms with Crippen LogP contribution in [0.15, 0.2) is 84.9 Å². The zero-order valence-electron chi connectivity index (χ0n) is 50.5. The molecule has 4 aromatic carbocycles. The predicted molar refractivity (Wildman–Crippen MR) is 368 cm³/mol. The molecule has 4 fully saturated rings. The number of benzene rings is 4. The second kappa shape index (κ2) is 30.8. The third kappa shape index (κ3) is 17.0. The molecular formula is C64H73Cl6N7O10S4. The summed E-state index contributed by atoms with van der Waals surface area (Å²) in [4.78, 5) is 64.5. The number of sulfone groups is 1. The summed E-state index contributed by atoms with van der Waals surface area (Å²) in [5, 5.41) is 2.87. The van der Waals surface area contributed by atoms with Gasteiger partial charge in [0.15, 0.2) is 11.5 Å². The van der Waals surface area contributed by atoms with Gasteiger partial charge >= 0.3 is 0 Å². The van der Waals surface area contributed by atoms with Crippen LogP contribution in [0.4, 0.5) is 0 Å². The first-order valence-corrected chi connectivity index (χ1v) is 38.0. The van der Waals surface area contributed by atoms with Crippen LogP contribution in [0.1, 0.15) is 96.4 Å². The smallest absolute Gasteiger partial charge is 0.267 e. The minimum Gasteiger partial charge on any atom is -0.491 e. The normalized spacial score (nSPS) is 17.2. The number of nitrogens with zero attached hydrogens (tertiary/aromatic N) is 4. The molecular weight excluding hydrogens is 1370 g/mol. The Kier molecular flexibility index (Phi) is 23.9. The van der Waals surface area contributed by atoms with Gasteiger partial charge in [0.2, 0.25) is 21.8 Å². The van der Waals surface area contributed by atoms with Crippen molar-refractivity contribution in [2.75, 3.05) is 90.4 Å². The van der Waals surface area contributed by atoms with Crippen molar-refractivity contribution < 1.29 is 45.5 Å². The van der Waals surface area contributed by atoms with E-state index >= 15 is 0 Å². The van der Waals surface area contributed by atoms with E-state index in [2.05, 4.69) is 14.5 Å². The Balaban J connectivity index is 0.000000215. The fourth-order valence-electron chi connectivity index (χ4n) is 12.4. The van der Waals surface area contributed by atoms with Gasteiger partial charge in [-0.15, -0.1) is 22.7 Å². The maximum atomic E-state index is 14.4. The van der Waals surface area contributed by atoms with E-state index in [-0.39, 0.29) is 55.6 Å². The van der Waals surface area contributed by atoms with E-state index in [4.69, 9.17) is 90.5 Å². The first-order chi connectivity index (χ1) is 43.3. The highest BCUT2D eigenvalue weighted by Gasteiger charge is 2.48. The molecule has 4 aliphatic rings. The summed E-state index contributed by atoms with van der Waals surface area (Å²) in [5.74, 6) is -0.463. The number of rotatable bonds is 21. The first-order valence-electron chi connectivity index (χ1n) is 30.1. The molecule has 0 unspecified atom stereocenters. The summed E-state index contributed by atoms with van der Waals surface area (Å²) in [6, 6.07) is 24.8. The van der Waals surface area contributed by atoms with Crippen LogP contribution < -0.4 is 25.7 Å². The molecule has 0 saturated carbocycles. The average molecular weight is 1440 g/mol. The monoisotopic (exact) mass is 1440 g/mol. The number of hydrogen-bond donors (Lipinski definition) is 3. The minimum absolute atomic E-state index is 0.0512. The zero-order valence-corrected chi connectivity index (χ0v) is 58.3.